The number of halogens is 2. The minimum atomic E-state index is -1.27. The smallest absolute Gasteiger partial charge is 0.262 e. The van der Waals surface area contributed by atoms with E-state index in [2.05, 4.69) is 57.8 Å². The molecule has 4 aromatic rings. The molecule has 2 aliphatic rings. The second kappa shape index (κ2) is 21.4. The van der Waals surface area contributed by atoms with Crippen molar-refractivity contribution in [1.29, 1.82) is 0 Å². The number of aryl methyl sites for hydroxylation is 2. The number of benzene rings is 2. The lowest BCUT2D eigenvalue weighted by atomic mass is 9.80. The van der Waals surface area contributed by atoms with Crippen LogP contribution in [0.2, 0.25) is 0 Å². The molecule has 0 saturated carbocycles. The summed E-state index contributed by atoms with van der Waals surface area (Å²) in [6.07, 6.45) is 15.4. The molecule has 58 heavy (non-hydrogen) atoms. The SMILES string of the molecule is CCCCCCc1cc(-c2cc3c4c(c(-c5cc(CCCCCC)c(Br)s5)cc5c4c2C(=O)N(CCCCCCO)C5=O)C(=O)N(CCCCCCO)C3O)sc1Br. The molecule has 0 fully saturated rings. The highest BCUT2D eigenvalue weighted by Crippen LogP contribution is 2.51. The molecule has 0 radical (unpaired) electrons. The van der Waals surface area contributed by atoms with Crippen molar-refractivity contribution in [2.45, 2.75) is 136 Å². The molecule has 3 amide bonds. The third-order valence-electron chi connectivity index (χ3n) is 11.7. The van der Waals surface area contributed by atoms with Gasteiger partial charge in [-0.25, -0.2) is 0 Å². The molecule has 6 rings (SSSR count). The summed E-state index contributed by atoms with van der Waals surface area (Å²) in [5.74, 6) is -1.07. The lowest BCUT2D eigenvalue weighted by Crippen LogP contribution is -2.43. The number of amides is 3. The van der Waals surface area contributed by atoms with Gasteiger partial charge in [0.15, 0.2) is 6.23 Å². The molecule has 4 heterocycles. The van der Waals surface area contributed by atoms with Crippen LogP contribution in [0.1, 0.15) is 171 Å². The van der Waals surface area contributed by atoms with Gasteiger partial charge in [0.2, 0.25) is 0 Å². The Kier molecular flexibility index (Phi) is 16.6. The van der Waals surface area contributed by atoms with Crippen molar-refractivity contribution in [1.82, 2.24) is 9.80 Å². The Hall–Kier alpha value is -2.45. The zero-order valence-corrected chi connectivity index (χ0v) is 38.8. The molecular weight excluding hydrogens is 900 g/mol. The summed E-state index contributed by atoms with van der Waals surface area (Å²) in [4.78, 5) is 49.2. The van der Waals surface area contributed by atoms with Gasteiger partial charge in [-0.05, 0) is 119 Å². The lowest BCUT2D eigenvalue weighted by molar-refractivity contribution is 0.00416. The number of carbonyl (C=O) groups excluding carboxylic acids is 3. The topological polar surface area (TPSA) is 118 Å². The maximum absolute atomic E-state index is 14.9. The van der Waals surface area contributed by atoms with Gasteiger partial charge in [0.05, 0.1) is 18.7 Å². The predicted molar refractivity (Wildman–Crippen MR) is 244 cm³/mol. The van der Waals surface area contributed by atoms with E-state index in [-0.39, 0.29) is 37.5 Å². The minimum absolute atomic E-state index is 0.107. The van der Waals surface area contributed by atoms with Crippen LogP contribution in [0, 0.1) is 0 Å². The molecule has 314 valence electrons. The summed E-state index contributed by atoms with van der Waals surface area (Å²) in [7, 11) is 0. The second-order valence-corrected chi connectivity index (χ2v) is 20.6. The Labute approximate surface area is 368 Å². The Balaban J connectivity index is 1.56. The van der Waals surface area contributed by atoms with Gasteiger partial charge in [0.25, 0.3) is 17.7 Å². The van der Waals surface area contributed by atoms with Crippen molar-refractivity contribution in [2.24, 2.45) is 0 Å². The van der Waals surface area contributed by atoms with E-state index in [1.807, 2.05) is 12.1 Å². The van der Waals surface area contributed by atoms with E-state index in [0.717, 1.165) is 99.9 Å². The molecule has 1 unspecified atom stereocenters. The summed E-state index contributed by atoms with van der Waals surface area (Å²) < 4.78 is 2.00. The highest BCUT2D eigenvalue weighted by atomic mass is 79.9. The van der Waals surface area contributed by atoms with Crippen LogP contribution >= 0.6 is 54.5 Å². The molecule has 3 N–H and O–H groups in total. The van der Waals surface area contributed by atoms with Gasteiger partial charge in [0.1, 0.15) is 0 Å². The average Bonchev–Trinajstić information content (AvgIpc) is 3.78. The van der Waals surface area contributed by atoms with Crippen molar-refractivity contribution in [3.05, 3.63) is 65.2 Å². The summed E-state index contributed by atoms with van der Waals surface area (Å²) in [5, 5.41) is 31.9. The number of aliphatic hydroxyl groups is 3. The fourth-order valence-electron chi connectivity index (χ4n) is 8.48. The third kappa shape index (κ3) is 9.69. The number of rotatable bonds is 24. The first-order valence-electron chi connectivity index (χ1n) is 21.5. The largest absolute Gasteiger partial charge is 0.396 e. The van der Waals surface area contributed by atoms with Crippen molar-refractivity contribution in [3.63, 3.8) is 0 Å². The van der Waals surface area contributed by atoms with E-state index in [1.54, 1.807) is 27.6 Å². The Morgan fingerprint density at radius 3 is 1.62 bits per heavy atom. The van der Waals surface area contributed by atoms with Crippen LogP contribution in [0.25, 0.3) is 31.7 Å². The summed E-state index contributed by atoms with van der Waals surface area (Å²) in [6, 6.07) is 8.05. The van der Waals surface area contributed by atoms with E-state index >= 15 is 0 Å². The zero-order chi connectivity index (χ0) is 41.3. The van der Waals surface area contributed by atoms with Crippen LogP contribution in [0.3, 0.4) is 0 Å². The van der Waals surface area contributed by atoms with Gasteiger partial charge >= 0.3 is 0 Å². The lowest BCUT2D eigenvalue weighted by Gasteiger charge is -2.38. The minimum Gasteiger partial charge on any atom is -0.396 e. The summed E-state index contributed by atoms with van der Waals surface area (Å²) in [5.41, 5.74) is 5.39. The quantitative estimate of drug-likeness (QED) is 0.0475. The van der Waals surface area contributed by atoms with E-state index in [0.29, 0.717) is 76.4 Å². The number of nitrogens with zero attached hydrogens (tertiary/aromatic N) is 2. The predicted octanol–water partition coefficient (Wildman–Crippen LogP) is 12.2. The van der Waals surface area contributed by atoms with Gasteiger partial charge in [-0.3, -0.25) is 19.3 Å². The molecule has 0 saturated heterocycles. The normalized spacial score (nSPS) is 15.2. The number of hydrogen-bond acceptors (Lipinski definition) is 8. The highest BCUT2D eigenvalue weighted by molar-refractivity contribution is 9.11. The van der Waals surface area contributed by atoms with Crippen LogP contribution in [-0.2, 0) is 12.8 Å². The van der Waals surface area contributed by atoms with Crippen LogP contribution in [0.15, 0.2) is 31.8 Å². The third-order valence-corrected chi connectivity index (χ3v) is 15.6. The standard InChI is InChI=1S/C46H58Br2N2O6S2/c1-3-5-7-13-19-29-25-35(57-41(29)47)31-27-33-38-37-34(44(54)49(45(55)39(31)37)21-15-9-11-17-23-51)28-32(36-26-30(42(48)58-36)20-14-8-6-4-2)40(38)46(56)50(43(33)53)22-16-10-12-18-24-52/h25-28,43,51-53H,3-24H2,1-2H3. The fraction of sp³-hybridized carbons (Fsp3) is 0.543. The molecular formula is C46H58Br2N2O6S2. The number of carbonyl (C=O) groups is 3. The first kappa shape index (κ1) is 45.1. The molecule has 2 aromatic heterocycles. The molecule has 8 nitrogen and oxygen atoms in total. The van der Waals surface area contributed by atoms with Crippen molar-refractivity contribution >= 4 is 83.0 Å². The van der Waals surface area contributed by atoms with Crippen LogP contribution in [0.4, 0.5) is 0 Å². The average molecular weight is 959 g/mol. The fourth-order valence-corrected chi connectivity index (χ4v) is 12.1. The van der Waals surface area contributed by atoms with Crippen molar-refractivity contribution in [2.75, 3.05) is 26.3 Å². The van der Waals surface area contributed by atoms with E-state index < -0.39 is 6.23 Å². The molecule has 0 aliphatic carbocycles. The zero-order valence-electron chi connectivity index (χ0n) is 34.0. The number of imide groups is 1. The van der Waals surface area contributed by atoms with Crippen LogP contribution < -0.4 is 0 Å². The van der Waals surface area contributed by atoms with E-state index in [4.69, 9.17) is 0 Å². The van der Waals surface area contributed by atoms with Gasteiger partial charge in [-0.2, -0.15) is 0 Å². The molecule has 1 atom stereocenters. The molecule has 2 aliphatic heterocycles. The van der Waals surface area contributed by atoms with Gasteiger partial charge < -0.3 is 20.2 Å². The molecule has 2 aromatic carbocycles. The summed E-state index contributed by atoms with van der Waals surface area (Å²) >= 11 is 10.8. The van der Waals surface area contributed by atoms with E-state index in [9.17, 15) is 29.7 Å². The maximum atomic E-state index is 14.9. The first-order valence-corrected chi connectivity index (χ1v) is 24.7. The van der Waals surface area contributed by atoms with E-state index in [1.165, 1.54) is 23.3 Å². The van der Waals surface area contributed by atoms with Crippen LogP contribution in [0.5, 0.6) is 0 Å². The van der Waals surface area contributed by atoms with Gasteiger partial charge in [-0.15, -0.1) is 22.7 Å². The summed E-state index contributed by atoms with van der Waals surface area (Å²) in [6.45, 7) is 5.20. The first-order chi connectivity index (χ1) is 28.2. The van der Waals surface area contributed by atoms with Gasteiger partial charge in [-0.1, -0.05) is 78.1 Å². The highest BCUT2D eigenvalue weighted by Gasteiger charge is 2.43. The maximum Gasteiger partial charge on any atom is 0.262 e. The molecule has 0 bridgehead atoms. The Bertz CT molecular complexity index is 2090. The van der Waals surface area contributed by atoms with Crippen molar-refractivity contribution < 1.29 is 29.7 Å². The number of hydrogen-bond donors (Lipinski definition) is 3. The number of unbranched alkanes of at least 4 members (excludes halogenated alkanes) is 12. The Morgan fingerprint density at radius 2 is 1.07 bits per heavy atom. The molecule has 0 spiro atoms. The Morgan fingerprint density at radius 1 is 0.569 bits per heavy atom. The van der Waals surface area contributed by atoms with Crippen molar-refractivity contribution in [3.8, 4) is 20.9 Å². The molecule has 12 heteroatoms. The second-order valence-electron chi connectivity index (χ2n) is 15.8. The van der Waals surface area contributed by atoms with Gasteiger partial charge in [0, 0.05) is 69.1 Å². The van der Waals surface area contributed by atoms with Crippen LogP contribution in [-0.4, -0.2) is 69.1 Å². The number of thiophene rings is 2. The number of aliphatic hydroxyl groups excluding tert-OH is 3. The monoisotopic (exact) mass is 956 g/mol.